The molecule has 2 heterocycles. The monoisotopic (exact) mass is 507 g/mol. The highest BCUT2D eigenvalue weighted by atomic mass is 16.5. The van der Waals surface area contributed by atoms with Gasteiger partial charge in [-0.05, 0) is 47.4 Å². The zero-order chi connectivity index (χ0) is 26.3. The first kappa shape index (κ1) is 24.9. The summed E-state index contributed by atoms with van der Waals surface area (Å²) >= 11 is 0. The van der Waals surface area contributed by atoms with Gasteiger partial charge in [-0.3, -0.25) is 0 Å². The summed E-state index contributed by atoms with van der Waals surface area (Å²) in [6.45, 7) is 5.55. The van der Waals surface area contributed by atoms with Crippen LogP contribution in [0.4, 0.5) is 5.82 Å². The molecule has 0 aliphatic heterocycles. The van der Waals surface area contributed by atoms with Crippen LogP contribution in [0.5, 0.6) is 0 Å². The van der Waals surface area contributed by atoms with Gasteiger partial charge in [-0.2, -0.15) is 5.21 Å². The number of tetrazole rings is 1. The van der Waals surface area contributed by atoms with Gasteiger partial charge in [0.1, 0.15) is 5.56 Å². The topological polar surface area (TPSA) is 102 Å². The summed E-state index contributed by atoms with van der Waals surface area (Å²) in [7, 11) is 0. The maximum absolute atomic E-state index is 12.9. The first-order chi connectivity index (χ1) is 18.7. The molecule has 38 heavy (non-hydrogen) atoms. The molecule has 0 saturated heterocycles. The van der Waals surface area contributed by atoms with Gasteiger partial charge in [-0.15, -0.1) is 15.3 Å². The number of esters is 1. The van der Waals surface area contributed by atoms with Gasteiger partial charge in [0, 0.05) is 24.8 Å². The number of ether oxygens (including phenoxy) is 1. The molecule has 1 N–H and O–H groups in total. The van der Waals surface area contributed by atoms with Gasteiger partial charge in [0.2, 0.25) is 5.82 Å². The Labute approximate surface area is 221 Å². The van der Waals surface area contributed by atoms with Crippen LogP contribution < -0.4 is 4.90 Å². The Balaban J connectivity index is 1.45. The van der Waals surface area contributed by atoms with Crippen molar-refractivity contribution in [3.63, 3.8) is 0 Å². The highest BCUT2D eigenvalue weighted by Crippen LogP contribution is 2.30. The van der Waals surface area contributed by atoms with E-state index < -0.39 is 0 Å². The van der Waals surface area contributed by atoms with E-state index >= 15 is 0 Å². The zero-order valence-electron chi connectivity index (χ0n) is 21.4. The second-order valence-electron chi connectivity index (χ2n) is 8.77. The maximum atomic E-state index is 12.9. The van der Waals surface area contributed by atoms with Crippen molar-refractivity contribution < 1.29 is 9.53 Å². The second-order valence-corrected chi connectivity index (χ2v) is 8.77. The van der Waals surface area contributed by atoms with Crippen LogP contribution in [0.1, 0.15) is 36.2 Å². The number of anilines is 1. The van der Waals surface area contributed by atoms with E-state index in [1.165, 1.54) is 0 Å². The molecule has 2 aromatic heterocycles. The molecule has 0 aliphatic rings. The summed E-state index contributed by atoms with van der Waals surface area (Å²) in [4.78, 5) is 15.0. The number of benzene rings is 3. The van der Waals surface area contributed by atoms with Crippen molar-refractivity contribution in [3.05, 3.63) is 96.2 Å². The Bertz CT molecular complexity index is 1480. The van der Waals surface area contributed by atoms with Crippen molar-refractivity contribution in [3.8, 4) is 28.2 Å². The van der Waals surface area contributed by atoms with E-state index in [0.29, 0.717) is 30.4 Å². The van der Waals surface area contributed by atoms with E-state index in [1.54, 1.807) is 17.8 Å². The lowest BCUT2D eigenvalue weighted by atomic mass is 9.98. The molecule has 9 heteroatoms. The molecule has 0 amide bonds. The number of nitrogens with one attached hydrogen (secondary N) is 1. The average molecular weight is 508 g/mol. The summed E-state index contributed by atoms with van der Waals surface area (Å²) in [5.41, 5.74) is 5.42. The smallest absolute Gasteiger partial charge is 0.343 e. The number of hydrogen-bond donors (Lipinski definition) is 1. The number of carbonyl (C=O) groups excluding carboxylic acids is 1. The number of rotatable bonds is 10. The van der Waals surface area contributed by atoms with Gasteiger partial charge in [0.05, 0.1) is 12.3 Å². The van der Waals surface area contributed by atoms with Crippen molar-refractivity contribution in [2.24, 2.45) is 0 Å². The lowest BCUT2D eigenvalue weighted by Gasteiger charge is -2.23. The van der Waals surface area contributed by atoms with Gasteiger partial charge in [-0.1, -0.05) is 73.7 Å². The van der Waals surface area contributed by atoms with E-state index in [9.17, 15) is 4.79 Å². The SMILES string of the molecule is CCCN(Cc1ccc(-c2ccccc2-c2nn[nH]n2)cc1)c1nn(-c2ccccc2)cc1C(=O)OCC. The predicted octanol–water partition coefficient (Wildman–Crippen LogP) is 5.31. The molecular weight excluding hydrogens is 478 g/mol. The van der Waals surface area contributed by atoms with Crippen molar-refractivity contribution in [1.82, 2.24) is 30.4 Å². The van der Waals surface area contributed by atoms with E-state index in [-0.39, 0.29) is 5.97 Å². The molecule has 3 aromatic carbocycles. The van der Waals surface area contributed by atoms with Crippen molar-refractivity contribution >= 4 is 11.8 Å². The minimum atomic E-state index is -0.376. The average Bonchev–Trinajstić information content (AvgIpc) is 3.65. The third-order valence-corrected chi connectivity index (χ3v) is 6.16. The summed E-state index contributed by atoms with van der Waals surface area (Å²) < 4.78 is 7.11. The van der Waals surface area contributed by atoms with Crippen molar-refractivity contribution in [2.45, 2.75) is 26.8 Å². The third kappa shape index (κ3) is 5.31. The molecule has 0 aliphatic carbocycles. The molecule has 0 bridgehead atoms. The Morgan fingerprint density at radius 2 is 1.68 bits per heavy atom. The quantitative estimate of drug-likeness (QED) is 0.256. The van der Waals surface area contributed by atoms with Crippen LogP contribution >= 0.6 is 0 Å². The van der Waals surface area contributed by atoms with Crippen LogP contribution in [-0.4, -0.2) is 49.5 Å². The number of nitrogens with zero attached hydrogens (tertiary/aromatic N) is 6. The molecule has 0 radical (unpaired) electrons. The van der Waals surface area contributed by atoms with E-state index in [4.69, 9.17) is 9.84 Å². The largest absolute Gasteiger partial charge is 0.462 e. The van der Waals surface area contributed by atoms with Crippen LogP contribution in [0.15, 0.2) is 85.1 Å². The van der Waals surface area contributed by atoms with E-state index in [2.05, 4.69) is 56.7 Å². The maximum Gasteiger partial charge on any atom is 0.343 e. The number of aromatic nitrogens is 6. The molecule has 0 unspecified atom stereocenters. The van der Waals surface area contributed by atoms with E-state index in [0.717, 1.165) is 40.9 Å². The first-order valence-corrected chi connectivity index (χ1v) is 12.7. The predicted molar refractivity (Wildman–Crippen MR) is 146 cm³/mol. The van der Waals surface area contributed by atoms with Gasteiger partial charge in [0.25, 0.3) is 0 Å². The standard InChI is InChI=1S/C29H29N7O2/c1-3-18-35(28-26(29(37)38-4-2)20-36(32-28)23-10-6-5-7-11-23)19-21-14-16-22(17-15-21)24-12-8-9-13-25(24)27-30-33-34-31-27/h5-17,20H,3-4,18-19H2,1-2H3,(H,30,31,33,34). The Morgan fingerprint density at radius 3 is 2.37 bits per heavy atom. The van der Waals surface area contributed by atoms with Crippen LogP contribution in [0.2, 0.25) is 0 Å². The fraction of sp³-hybridized carbons (Fsp3) is 0.207. The Hall–Kier alpha value is -4.79. The fourth-order valence-corrected chi connectivity index (χ4v) is 4.41. The summed E-state index contributed by atoms with van der Waals surface area (Å²) in [6.07, 6.45) is 2.65. The molecule has 0 atom stereocenters. The minimum Gasteiger partial charge on any atom is -0.462 e. The lowest BCUT2D eigenvalue weighted by molar-refractivity contribution is 0.0527. The normalized spacial score (nSPS) is 10.9. The molecule has 0 fully saturated rings. The number of para-hydroxylation sites is 1. The summed E-state index contributed by atoms with van der Waals surface area (Å²) in [6, 6.07) is 26.1. The zero-order valence-corrected chi connectivity index (χ0v) is 21.4. The van der Waals surface area contributed by atoms with Crippen LogP contribution in [0.3, 0.4) is 0 Å². The highest BCUT2D eigenvalue weighted by molar-refractivity contribution is 5.95. The molecule has 5 rings (SSSR count). The number of H-pyrrole nitrogens is 1. The second kappa shape index (κ2) is 11.5. The number of hydrogen-bond acceptors (Lipinski definition) is 7. The van der Waals surface area contributed by atoms with Crippen LogP contribution in [-0.2, 0) is 11.3 Å². The number of carbonyl (C=O) groups is 1. The van der Waals surface area contributed by atoms with Crippen LogP contribution in [0, 0.1) is 0 Å². The Kier molecular flexibility index (Phi) is 7.54. The highest BCUT2D eigenvalue weighted by Gasteiger charge is 2.23. The molecule has 9 nitrogen and oxygen atoms in total. The molecular formula is C29H29N7O2. The molecule has 192 valence electrons. The first-order valence-electron chi connectivity index (χ1n) is 12.7. The van der Waals surface area contributed by atoms with E-state index in [1.807, 2.05) is 54.6 Å². The van der Waals surface area contributed by atoms with Crippen molar-refractivity contribution in [2.75, 3.05) is 18.1 Å². The number of aromatic amines is 1. The van der Waals surface area contributed by atoms with Crippen LogP contribution in [0.25, 0.3) is 28.2 Å². The van der Waals surface area contributed by atoms with Gasteiger partial charge in [-0.25, -0.2) is 9.48 Å². The third-order valence-electron chi connectivity index (χ3n) is 6.16. The fourth-order valence-electron chi connectivity index (χ4n) is 4.41. The molecule has 0 spiro atoms. The lowest BCUT2D eigenvalue weighted by Crippen LogP contribution is -2.26. The Morgan fingerprint density at radius 1 is 0.947 bits per heavy atom. The van der Waals surface area contributed by atoms with Crippen molar-refractivity contribution in [1.29, 1.82) is 0 Å². The summed E-state index contributed by atoms with van der Waals surface area (Å²) in [5.74, 6) is 0.791. The summed E-state index contributed by atoms with van der Waals surface area (Å²) in [5, 5.41) is 19.3. The molecule has 5 aromatic rings. The molecule has 0 saturated carbocycles. The van der Waals surface area contributed by atoms with Gasteiger partial charge in [0.15, 0.2) is 5.82 Å². The minimum absolute atomic E-state index is 0.301. The van der Waals surface area contributed by atoms with Gasteiger partial charge < -0.3 is 9.64 Å². The van der Waals surface area contributed by atoms with Gasteiger partial charge >= 0.3 is 5.97 Å².